The van der Waals surface area contributed by atoms with E-state index in [0.29, 0.717) is 35.1 Å². The Bertz CT molecular complexity index is 955. The van der Waals surface area contributed by atoms with Gasteiger partial charge in [0.2, 0.25) is 0 Å². The summed E-state index contributed by atoms with van der Waals surface area (Å²) < 4.78 is 15.4. The first kappa shape index (κ1) is 22.4. The van der Waals surface area contributed by atoms with Crippen molar-refractivity contribution in [3.8, 4) is 11.8 Å². The van der Waals surface area contributed by atoms with E-state index in [9.17, 15) is 14.4 Å². The fourth-order valence-electron chi connectivity index (χ4n) is 2.25. The zero-order valence-corrected chi connectivity index (χ0v) is 16.6. The number of nitriles is 1. The molecule has 0 N–H and O–H groups in total. The molecule has 0 saturated heterocycles. The van der Waals surface area contributed by atoms with Crippen LogP contribution in [0.15, 0.2) is 60.7 Å². The molecular weight excluding hydrogens is 386 g/mol. The number of rotatable bonds is 9. The van der Waals surface area contributed by atoms with Gasteiger partial charge in [-0.25, -0.2) is 14.4 Å². The molecule has 0 aliphatic carbocycles. The second-order valence-corrected chi connectivity index (χ2v) is 6.36. The fourth-order valence-corrected chi connectivity index (χ4v) is 2.25. The minimum absolute atomic E-state index is 0.193. The minimum Gasteiger partial charge on any atom is -0.462 e. The van der Waals surface area contributed by atoms with Gasteiger partial charge in [-0.2, -0.15) is 5.26 Å². The Labute approximate surface area is 174 Å². The topological polar surface area (TPSA) is 103 Å². The monoisotopic (exact) mass is 407 g/mol. The number of benzene rings is 2. The molecule has 7 heteroatoms. The maximum absolute atomic E-state index is 12.1. The summed E-state index contributed by atoms with van der Waals surface area (Å²) in [6, 6.07) is 14.0. The molecule has 0 spiro atoms. The predicted octanol–water partition coefficient (Wildman–Crippen LogP) is 3.83. The highest BCUT2D eigenvalue weighted by molar-refractivity contribution is 5.92. The molecule has 7 nitrogen and oxygen atoms in total. The number of ether oxygens (including phenoxy) is 3. The Kier molecular flexibility index (Phi) is 8.33. The van der Waals surface area contributed by atoms with Crippen LogP contribution in [-0.2, 0) is 14.3 Å². The maximum atomic E-state index is 12.1. The van der Waals surface area contributed by atoms with Crippen molar-refractivity contribution in [3.05, 3.63) is 77.4 Å². The number of nitrogens with zero attached hydrogens (tertiary/aromatic N) is 1. The lowest BCUT2D eigenvalue weighted by Crippen LogP contribution is -2.10. The SMILES string of the molecule is C=C(C)C(=O)OCCCCOC(=O)c1ccc(OC(=O)c2ccc(C#N)cc2)cc1. The Morgan fingerprint density at radius 1 is 0.867 bits per heavy atom. The van der Waals surface area contributed by atoms with Crippen LogP contribution in [0, 0.1) is 11.3 Å². The molecule has 0 aromatic heterocycles. The van der Waals surface area contributed by atoms with Gasteiger partial charge in [0.1, 0.15) is 5.75 Å². The van der Waals surface area contributed by atoms with Gasteiger partial charge in [0, 0.05) is 5.57 Å². The molecule has 0 amide bonds. The molecule has 2 aromatic rings. The highest BCUT2D eigenvalue weighted by Crippen LogP contribution is 2.15. The molecule has 2 aromatic carbocycles. The lowest BCUT2D eigenvalue weighted by atomic mass is 10.1. The van der Waals surface area contributed by atoms with Gasteiger partial charge in [0.05, 0.1) is 36.0 Å². The van der Waals surface area contributed by atoms with Gasteiger partial charge in [0.25, 0.3) is 0 Å². The molecule has 154 valence electrons. The number of carbonyl (C=O) groups excluding carboxylic acids is 3. The van der Waals surface area contributed by atoms with Crippen LogP contribution >= 0.6 is 0 Å². The fraction of sp³-hybridized carbons (Fsp3) is 0.217. The highest BCUT2D eigenvalue weighted by Gasteiger charge is 2.11. The average Bonchev–Trinajstić information content (AvgIpc) is 2.76. The Balaban J connectivity index is 1.75. The summed E-state index contributed by atoms with van der Waals surface area (Å²) in [6.07, 6.45) is 1.12. The van der Waals surface area contributed by atoms with Gasteiger partial charge in [-0.05, 0) is 68.3 Å². The molecule has 2 rings (SSSR count). The molecule has 0 unspecified atom stereocenters. The quantitative estimate of drug-likeness (QED) is 0.269. The summed E-state index contributed by atoms with van der Waals surface area (Å²) in [5.41, 5.74) is 1.42. The van der Waals surface area contributed by atoms with E-state index in [2.05, 4.69) is 6.58 Å². The third-order valence-corrected chi connectivity index (χ3v) is 3.90. The van der Waals surface area contributed by atoms with E-state index in [-0.39, 0.29) is 19.0 Å². The van der Waals surface area contributed by atoms with E-state index >= 15 is 0 Å². The van der Waals surface area contributed by atoms with E-state index in [1.54, 1.807) is 6.92 Å². The van der Waals surface area contributed by atoms with E-state index in [1.807, 2.05) is 6.07 Å². The predicted molar refractivity (Wildman–Crippen MR) is 108 cm³/mol. The smallest absolute Gasteiger partial charge is 0.343 e. The summed E-state index contributed by atoms with van der Waals surface area (Å²) in [6.45, 7) is 5.49. The van der Waals surface area contributed by atoms with Crippen LogP contribution in [0.1, 0.15) is 46.0 Å². The summed E-state index contributed by atoms with van der Waals surface area (Å²) in [5, 5.41) is 8.78. The number of unbranched alkanes of at least 4 members (excludes halogenated alkanes) is 1. The normalized spacial score (nSPS) is 9.87. The summed E-state index contributed by atoms with van der Waals surface area (Å²) >= 11 is 0. The molecule has 0 aliphatic heterocycles. The van der Waals surface area contributed by atoms with Crippen molar-refractivity contribution in [1.29, 1.82) is 5.26 Å². The van der Waals surface area contributed by atoms with E-state index in [4.69, 9.17) is 19.5 Å². The average molecular weight is 407 g/mol. The number of hydrogen-bond donors (Lipinski definition) is 0. The summed E-state index contributed by atoms with van der Waals surface area (Å²) in [5.74, 6) is -1.23. The third-order valence-electron chi connectivity index (χ3n) is 3.90. The molecule has 0 aliphatic rings. The van der Waals surface area contributed by atoms with Gasteiger partial charge in [0.15, 0.2) is 0 Å². The summed E-state index contributed by atoms with van der Waals surface area (Å²) in [7, 11) is 0. The lowest BCUT2D eigenvalue weighted by Gasteiger charge is -2.07. The van der Waals surface area contributed by atoms with Crippen molar-refractivity contribution in [2.75, 3.05) is 13.2 Å². The first-order valence-electron chi connectivity index (χ1n) is 9.23. The Morgan fingerprint density at radius 2 is 1.40 bits per heavy atom. The molecule has 0 radical (unpaired) electrons. The van der Waals surface area contributed by atoms with Crippen LogP contribution in [0.25, 0.3) is 0 Å². The second kappa shape index (κ2) is 11.2. The van der Waals surface area contributed by atoms with Crippen molar-refractivity contribution in [1.82, 2.24) is 0 Å². The minimum atomic E-state index is -0.567. The molecule has 0 saturated carbocycles. The van der Waals surface area contributed by atoms with Gasteiger partial charge in [-0.1, -0.05) is 6.58 Å². The molecule has 0 heterocycles. The first-order chi connectivity index (χ1) is 14.4. The van der Waals surface area contributed by atoms with Crippen molar-refractivity contribution in [2.45, 2.75) is 19.8 Å². The van der Waals surface area contributed by atoms with Crippen LogP contribution < -0.4 is 4.74 Å². The van der Waals surface area contributed by atoms with Crippen molar-refractivity contribution < 1.29 is 28.6 Å². The zero-order valence-electron chi connectivity index (χ0n) is 16.6. The van der Waals surface area contributed by atoms with Crippen molar-refractivity contribution in [2.24, 2.45) is 0 Å². The van der Waals surface area contributed by atoms with Crippen LogP contribution in [0.5, 0.6) is 5.75 Å². The van der Waals surface area contributed by atoms with E-state index in [1.165, 1.54) is 48.5 Å². The molecule has 30 heavy (non-hydrogen) atoms. The van der Waals surface area contributed by atoms with Crippen LogP contribution in [0.4, 0.5) is 0 Å². The van der Waals surface area contributed by atoms with Crippen molar-refractivity contribution >= 4 is 17.9 Å². The Hall–Kier alpha value is -3.92. The first-order valence-corrected chi connectivity index (χ1v) is 9.23. The van der Waals surface area contributed by atoms with Crippen molar-refractivity contribution in [3.63, 3.8) is 0 Å². The van der Waals surface area contributed by atoms with E-state index in [0.717, 1.165) is 0 Å². The van der Waals surface area contributed by atoms with Crippen LogP contribution in [-0.4, -0.2) is 31.1 Å². The summed E-state index contributed by atoms with van der Waals surface area (Å²) in [4.78, 5) is 35.4. The van der Waals surface area contributed by atoms with E-state index < -0.39 is 17.9 Å². The largest absolute Gasteiger partial charge is 0.462 e. The lowest BCUT2D eigenvalue weighted by molar-refractivity contribution is -0.139. The Morgan fingerprint density at radius 3 is 1.97 bits per heavy atom. The van der Waals surface area contributed by atoms with Crippen LogP contribution in [0.3, 0.4) is 0 Å². The van der Waals surface area contributed by atoms with Gasteiger partial charge in [-0.3, -0.25) is 0 Å². The van der Waals surface area contributed by atoms with Gasteiger partial charge >= 0.3 is 17.9 Å². The standard InChI is InChI=1S/C23H21NO6/c1-16(2)21(25)28-13-3-4-14-29-22(26)18-9-11-20(12-10-18)30-23(27)19-7-5-17(15-24)6-8-19/h5-12H,1,3-4,13-14H2,2H3. The third kappa shape index (κ3) is 6.91. The number of esters is 3. The number of hydrogen-bond acceptors (Lipinski definition) is 7. The van der Waals surface area contributed by atoms with Gasteiger partial charge < -0.3 is 14.2 Å². The maximum Gasteiger partial charge on any atom is 0.343 e. The molecular formula is C23H21NO6. The zero-order chi connectivity index (χ0) is 21.9. The van der Waals surface area contributed by atoms with Crippen LogP contribution in [0.2, 0.25) is 0 Å². The highest BCUT2D eigenvalue weighted by atomic mass is 16.5. The van der Waals surface area contributed by atoms with Gasteiger partial charge in [-0.15, -0.1) is 0 Å². The molecule has 0 bridgehead atoms. The molecule has 0 atom stereocenters. The second-order valence-electron chi connectivity index (χ2n) is 6.36. The number of carbonyl (C=O) groups is 3. The molecule has 0 fully saturated rings.